The maximum atomic E-state index is 13.4. The molecular formula is C13H14F2N2O2S. The molecule has 4 nitrogen and oxygen atoms in total. The summed E-state index contributed by atoms with van der Waals surface area (Å²) in [6.07, 6.45) is 0.248. The van der Waals surface area contributed by atoms with E-state index in [1.54, 1.807) is 0 Å². The molecule has 108 valence electrons. The molecule has 1 aliphatic rings. The van der Waals surface area contributed by atoms with Crippen molar-refractivity contribution in [1.29, 1.82) is 0 Å². The lowest BCUT2D eigenvalue weighted by atomic mass is 10.1. The Labute approximate surface area is 119 Å². The zero-order valence-electron chi connectivity index (χ0n) is 10.9. The predicted octanol–water partition coefficient (Wildman–Crippen LogP) is 2.18. The molecule has 0 radical (unpaired) electrons. The molecule has 0 bridgehead atoms. The molecule has 0 saturated carbocycles. The van der Waals surface area contributed by atoms with Gasteiger partial charge in [-0.15, -0.1) is 0 Å². The summed E-state index contributed by atoms with van der Waals surface area (Å²) in [6, 6.07) is 1.74. The number of anilines is 2. The van der Waals surface area contributed by atoms with Crippen molar-refractivity contribution in [1.82, 2.24) is 0 Å². The Morgan fingerprint density at radius 2 is 2.20 bits per heavy atom. The standard InChI is InChI=1S/C13H14F2N2O2S/c1-7(18)20-6-8-2-12(19)17(5-8)11-4-9(14)3-10(15)13(11)16/h3-4,8H,2,5-6,16H2,1H3. The first-order chi connectivity index (χ1) is 9.38. The van der Waals surface area contributed by atoms with Crippen molar-refractivity contribution < 1.29 is 18.4 Å². The minimum absolute atomic E-state index is 0.0211. The van der Waals surface area contributed by atoms with Gasteiger partial charge in [0, 0.05) is 31.7 Å². The summed E-state index contributed by atoms with van der Waals surface area (Å²) in [5, 5.41) is -0.0211. The number of nitrogen functional groups attached to an aromatic ring is 1. The van der Waals surface area contributed by atoms with E-state index in [9.17, 15) is 18.4 Å². The van der Waals surface area contributed by atoms with Gasteiger partial charge in [0.25, 0.3) is 0 Å². The fourth-order valence-corrected chi connectivity index (χ4v) is 2.85. The summed E-state index contributed by atoms with van der Waals surface area (Å²) in [5.74, 6) is -1.41. The number of benzene rings is 1. The van der Waals surface area contributed by atoms with Gasteiger partial charge in [0.2, 0.25) is 5.91 Å². The molecule has 1 atom stereocenters. The van der Waals surface area contributed by atoms with Crippen LogP contribution in [0.1, 0.15) is 13.3 Å². The highest BCUT2D eigenvalue weighted by molar-refractivity contribution is 8.13. The average molecular weight is 300 g/mol. The first kappa shape index (κ1) is 14.8. The Morgan fingerprint density at radius 3 is 2.85 bits per heavy atom. The first-order valence-corrected chi connectivity index (χ1v) is 7.05. The number of halogens is 2. The van der Waals surface area contributed by atoms with Crippen LogP contribution >= 0.6 is 11.8 Å². The second kappa shape index (κ2) is 5.78. The number of rotatable bonds is 3. The van der Waals surface area contributed by atoms with Gasteiger partial charge in [0.1, 0.15) is 5.82 Å². The molecule has 1 fully saturated rings. The van der Waals surface area contributed by atoms with E-state index in [1.807, 2.05) is 0 Å². The van der Waals surface area contributed by atoms with Crippen LogP contribution in [0.15, 0.2) is 12.1 Å². The summed E-state index contributed by atoms with van der Waals surface area (Å²) in [7, 11) is 0. The molecule has 2 rings (SSSR count). The zero-order chi connectivity index (χ0) is 14.9. The minimum Gasteiger partial charge on any atom is -0.395 e. The average Bonchev–Trinajstić information content (AvgIpc) is 2.72. The molecule has 1 amide bonds. The van der Waals surface area contributed by atoms with Crippen molar-refractivity contribution in [2.75, 3.05) is 22.9 Å². The van der Waals surface area contributed by atoms with Gasteiger partial charge in [-0.25, -0.2) is 8.78 Å². The van der Waals surface area contributed by atoms with Gasteiger partial charge in [-0.2, -0.15) is 0 Å². The summed E-state index contributed by atoms with van der Waals surface area (Å²) < 4.78 is 26.7. The monoisotopic (exact) mass is 300 g/mol. The third-order valence-electron chi connectivity index (χ3n) is 3.09. The molecule has 2 N–H and O–H groups in total. The maximum Gasteiger partial charge on any atom is 0.227 e. The maximum absolute atomic E-state index is 13.4. The summed E-state index contributed by atoms with van der Waals surface area (Å²) in [5.41, 5.74) is 5.39. The lowest BCUT2D eigenvalue weighted by molar-refractivity contribution is -0.117. The second-order valence-electron chi connectivity index (χ2n) is 4.70. The van der Waals surface area contributed by atoms with Crippen molar-refractivity contribution in [2.45, 2.75) is 13.3 Å². The number of nitrogens with two attached hydrogens (primary N) is 1. The smallest absolute Gasteiger partial charge is 0.227 e. The normalized spacial score (nSPS) is 18.6. The van der Waals surface area contributed by atoms with E-state index in [4.69, 9.17) is 5.73 Å². The van der Waals surface area contributed by atoms with Crippen molar-refractivity contribution in [3.63, 3.8) is 0 Å². The van der Waals surface area contributed by atoms with Gasteiger partial charge < -0.3 is 10.6 Å². The topological polar surface area (TPSA) is 63.4 Å². The molecule has 7 heteroatoms. The zero-order valence-corrected chi connectivity index (χ0v) is 11.7. The second-order valence-corrected chi connectivity index (χ2v) is 5.89. The van der Waals surface area contributed by atoms with Crippen molar-refractivity contribution in [3.8, 4) is 0 Å². The third-order valence-corrected chi connectivity index (χ3v) is 4.14. The van der Waals surface area contributed by atoms with Gasteiger partial charge in [-0.3, -0.25) is 9.59 Å². The number of nitrogens with zero attached hydrogens (tertiary/aromatic N) is 1. The molecule has 1 aromatic rings. The largest absolute Gasteiger partial charge is 0.395 e. The van der Waals surface area contributed by atoms with Crippen LogP contribution in [-0.4, -0.2) is 23.3 Å². The molecule has 1 saturated heterocycles. The summed E-state index contributed by atoms with van der Waals surface area (Å²) in [4.78, 5) is 24.1. The lowest BCUT2D eigenvalue weighted by Gasteiger charge is -2.19. The van der Waals surface area contributed by atoms with E-state index in [1.165, 1.54) is 11.8 Å². The predicted molar refractivity (Wildman–Crippen MR) is 74.4 cm³/mol. The Morgan fingerprint density at radius 1 is 1.50 bits per heavy atom. The minimum atomic E-state index is -0.880. The number of hydrogen-bond acceptors (Lipinski definition) is 4. The van der Waals surface area contributed by atoms with Gasteiger partial charge >= 0.3 is 0 Å². The quantitative estimate of drug-likeness (QED) is 0.869. The Hall–Kier alpha value is -1.63. The highest BCUT2D eigenvalue weighted by atomic mass is 32.2. The fraction of sp³-hybridized carbons (Fsp3) is 0.385. The van der Waals surface area contributed by atoms with Gasteiger partial charge in [-0.1, -0.05) is 11.8 Å². The molecule has 0 aliphatic carbocycles. The first-order valence-electron chi connectivity index (χ1n) is 6.06. The van der Waals surface area contributed by atoms with E-state index in [2.05, 4.69) is 0 Å². The van der Waals surface area contributed by atoms with E-state index in [0.717, 1.165) is 17.8 Å². The van der Waals surface area contributed by atoms with E-state index < -0.39 is 11.6 Å². The Bertz CT molecular complexity index is 566. The van der Waals surface area contributed by atoms with Crippen LogP contribution in [0.3, 0.4) is 0 Å². The third kappa shape index (κ3) is 3.09. The van der Waals surface area contributed by atoms with Gasteiger partial charge in [-0.05, 0) is 12.0 Å². The Kier molecular flexibility index (Phi) is 4.27. The molecule has 20 heavy (non-hydrogen) atoms. The van der Waals surface area contributed by atoms with Crippen molar-refractivity contribution in [3.05, 3.63) is 23.8 Å². The molecular weight excluding hydrogens is 286 g/mol. The van der Waals surface area contributed by atoms with Crippen LogP contribution < -0.4 is 10.6 Å². The highest BCUT2D eigenvalue weighted by Gasteiger charge is 2.32. The number of hydrogen-bond donors (Lipinski definition) is 1. The SMILES string of the molecule is CC(=O)SCC1CC(=O)N(c2cc(F)cc(F)c2N)C1. The summed E-state index contributed by atoms with van der Waals surface area (Å²) >= 11 is 1.14. The summed E-state index contributed by atoms with van der Waals surface area (Å²) in [6.45, 7) is 1.77. The van der Waals surface area contributed by atoms with Gasteiger partial charge in [0.05, 0.1) is 11.4 Å². The number of carbonyl (C=O) groups excluding carboxylic acids is 2. The fourth-order valence-electron chi connectivity index (χ4n) is 2.16. The van der Waals surface area contributed by atoms with Crippen molar-refractivity contribution >= 4 is 34.2 Å². The molecule has 1 aliphatic heterocycles. The molecule has 1 aromatic carbocycles. The van der Waals surface area contributed by atoms with Crippen LogP contribution in [0, 0.1) is 17.6 Å². The number of thioether (sulfide) groups is 1. The van der Waals surface area contributed by atoms with Crippen LogP contribution in [0.5, 0.6) is 0 Å². The molecule has 1 unspecified atom stereocenters. The Balaban J connectivity index is 2.18. The molecule has 1 heterocycles. The highest BCUT2D eigenvalue weighted by Crippen LogP contribution is 2.33. The van der Waals surface area contributed by atoms with Crippen LogP contribution in [0.4, 0.5) is 20.2 Å². The molecule has 0 aromatic heterocycles. The van der Waals surface area contributed by atoms with E-state index in [0.29, 0.717) is 18.4 Å². The van der Waals surface area contributed by atoms with E-state index in [-0.39, 0.29) is 34.7 Å². The van der Waals surface area contributed by atoms with Crippen LogP contribution in [0.2, 0.25) is 0 Å². The van der Waals surface area contributed by atoms with Crippen LogP contribution in [0.25, 0.3) is 0 Å². The lowest BCUT2D eigenvalue weighted by Crippen LogP contribution is -2.26. The van der Waals surface area contributed by atoms with Crippen LogP contribution in [-0.2, 0) is 9.59 Å². The van der Waals surface area contributed by atoms with Crippen molar-refractivity contribution in [2.24, 2.45) is 5.92 Å². The van der Waals surface area contributed by atoms with E-state index >= 15 is 0 Å². The number of amides is 1. The van der Waals surface area contributed by atoms with Gasteiger partial charge in [0.15, 0.2) is 10.9 Å². The molecule has 0 spiro atoms. The number of carbonyl (C=O) groups is 2.